The topological polar surface area (TPSA) is 49.4 Å². The fourth-order valence-electron chi connectivity index (χ4n) is 3.18. The molecule has 0 aromatic heterocycles. The SMILES string of the molecule is CC(=O)N(CC(=O)NC1CCCCCC1)Cc1cccc(C)c1. The summed E-state index contributed by atoms with van der Waals surface area (Å²) in [6.45, 7) is 4.17. The van der Waals surface area contributed by atoms with Crippen LogP contribution < -0.4 is 5.32 Å². The van der Waals surface area contributed by atoms with Crippen LogP contribution in [-0.2, 0) is 16.1 Å². The highest BCUT2D eigenvalue weighted by molar-refractivity contribution is 5.83. The molecule has 1 aromatic rings. The Bertz CT molecular complexity index is 534. The van der Waals surface area contributed by atoms with Crippen LogP contribution in [0.1, 0.15) is 56.6 Å². The highest BCUT2D eigenvalue weighted by Gasteiger charge is 2.18. The molecule has 0 aliphatic heterocycles. The molecule has 1 aliphatic rings. The minimum absolute atomic E-state index is 0.0419. The number of carbonyl (C=O) groups excluding carboxylic acids is 2. The van der Waals surface area contributed by atoms with Gasteiger partial charge in [0.05, 0.1) is 6.54 Å². The molecule has 1 N–H and O–H groups in total. The predicted octanol–water partition coefficient (Wildman–Crippen LogP) is 3.18. The van der Waals surface area contributed by atoms with Crippen molar-refractivity contribution >= 4 is 11.8 Å². The molecule has 4 nitrogen and oxygen atoms in total. The van der Waals surface area contributed by atoms with E-state index in [0.717, 1.165) is 24.0 Å². The Hall–Kier alpha value is -1.84. The summed E-state index contributed by atoms with van der Waals surface area (Å²) in [5, 5.41) is 3.11. The van der Waals surface area contributed by atoms with Gasteiger partial charge < -0.3 is 10.2 Å². The predicted molar refractivity (Wildman–Crippen MR) is 91.9 cm³/mol. The molecule has 1 aliphatic carbocycles. The van der Waals surface area contributed by atoms with Crippen molar-refractivity contribution in [3.63, 3.8) is 0 Å². The van der Waals surface area contributed by atoms with Crippen molar-refractivity contribution in [3.8, 4) is 0 Å². The Morgan fingerprint density at radius 1 is 1.17 bits per heavy atom. The first kappa shape index (κ1) is 17.5. The normalized spacial score (nSPS) is 15.7. The van der Waals surface area contributed by atoms with E-state index in [1.165, 1.54) is 32.6 Å². The Morgan fingerprint density at radius 3 is 2.48 bits per heavy atom. The summed E-state index contributed by atoms with van der Waals surface area (Å²) >= 11 is 0. The van der Waals surface area contributed by atoms with Gasteiger partial charge in [-0.2, -0.15) is 0 Å². The molecule has 1 aromatic carbocycles. The van der Waals surface area contributed by atoms with Crippen molar-refractivity contribution in [2.75, 3.05) is 6.54 Å². The molecule has 0 unspecified atom stereocenters. The monoisotopic (exact) mass is 316 g/mol. The van der Waals surface area contributed by atoms with Crippen LogP contribution in [0.4, 0.5) is 0 Å². The lowest BCUT2D eigenvalue weighted by atomic mass is 10.1. The van der Waals surface area contributed by atoms with Crippen LogP contribution in [0.3, 0.4) is 0 Å². The van der Waals surface area contributed by atoms with Crippen molar-refractivity contribution in [3.05, 3.63) is 35.4 Å². The summed E-state index contributed by atoms with van der Waals surface area (Å²) in [7, 11) is 0. The number of nitrogens with one attached hydrogen (secondary N) is 1. The highest BCUT2D eigenvalue weighted by atomic mass is 16.2. The van der Waals surface area contributed by atoms with Crippen molar-refractivity contribution in [2.24, 2.45) is 0 Å². The largest absolute Gasteiger partial charge is 0.352 e. The van der Waals surface area contributed by atoms with E-state index in [9.17, 15) is 9.59 Å². The number of hydrogen-bond acceptors (Lipinski definition) is 2. The Kier molecular flexibility index (Phi) is 6.63. The first-order valence-electron chi connectivity index (χ1n) is 8.65. The summed E-state index contributed by atoms with van der Waals surface area (Å²) in [4.78, 5) is 25.8. The number of amides is 2. The zero-order valence-corrected chi connectivity index (χ0v) is 14.3. The molecule has 0 bridgehead atoms. The average molecular weight is 316 g/mol. The number of hydrogen-bond donors (Lipinski definition) is 1. The maximum Gasteiger partial charge on any atom is 0.239 e. The quantitative estimate of drug-likeness (QED) is 0.848. The van der Waals surface area contributed by atoms with Crippen LogP contribution in [0.25, 0.3) is 0 Å². The number of aryl methyl sites for hydroxylation is 1. The van der Waals surface area contributed by atoms with Crippen molar-refractivity contribution in [2.45, 2.75) is 65.0 Å². The van der Waals surface area contributed by atoms with Crippen molar-refractivity contribution in [1.82, 2.24) is 10.2 Å². The van der Waals surface area contributed by atoms with Gasteiger partial charge in [0.1, 0.15) is 0 Å². The van der Waals surface area contributed by atoms with Gasteiger partial charge in [-0.1, -0.05) is 55.5 Å². The number of nitrogens with zero attached hydrogens (tertiary/aromatic N) is 1. The van der Waals surface area contributed by atoms with E-state index in [1.807, 2.05) is 25.1 Å². The molecule has 2 rings (SSSR count). The fraction of sp³-hybridized carbons (Fsp3) is 0.579. The minimum atomic E-state index is -0.0671. The zero-order valence-electron chi connectivity index (χ0n) is 14.3. The molecule has 1 saturated carbocycles. The third-order valence-corrected chi connectivity index (χ3v) is 4.46. The average Bonchev–Trinajstić information content (AvgIpc) is 2.75. The van der Waals surface area contributed by atoms with Gasteiger partial charge in [-0.05, 0) is 25.3 Å². The molecule has 23 heavy (non-hydrogen) atoms. The molecule has 0 saturated heterocycles. The first-order valence-corrected chi connectivity index (χ1v) is 8.65. The second-order valence-electron chi connectivity index (χ2n) is 6.62. The lowest BCUT2D eigenvalue weighted by Crippen LogP contribution is -2.43. The van der Waals surface area contributed by atoms with E-state index >= 15 is 0 Å². The molecule has 0 spiro atoms. The van der Waals surface area contributed by atoms with E-state index in [4.69, 9.17) is 0 Å². The van der Waals surface area contributed by atoms with Crippen LogP contribution >= 0.6 is 0 Å². The maximum atomic E-state index is 12.3. The second kappa shape index (κ2) is 8.70. The van der Waals surface area contributed by atoms with Gasteiger partial charge in [-0.25, -0.2) is 0 Å². The van der Waals surface area contributed by atoms with Gasteiger partial charge in [-0.15, -0.1) is 0 Å². The Morgan fingerprint density at radius 2 is 1.87 bits per heavy atom. The van der Waals surface area contributed by atoms with E-state index in [2.05, 4.69) is 11.4 Å². The lowest BCUT2D eigenvalue weighted by Gasteiger charge is -2.23. The van der Waals surface area contributed by atoms with Crippen LogP contribution in [0.5, 0.6) is 0 Å². The summed E-state index contributed by atoms with van der Waals surface area (Å²) in [6, 6.07) is 8.33. The van der Waals surface area contributed by atoms with E-state index in [1.54, 1.807) is 4.90 Å². The third-order valence-electron chi connectivity index (χ3n) is 4.46. The van der Waals surface area contributed by atoms with Gasteiger partial charge in [-0.3, -0.25) is 9.59 Å². The molecule has 0 atom stereocenters. The first-order chi connectivity index (χ1) is 11.0. The summed E-state index contributed by atoms with van der Waals surface area (Å²) in [5.74, 6) is -0.109. The molecule has 0 heterocycles. The third kappa shape index (κ3) is 6.05. The maximum absolute atomic E-state index is 12.3. The van der Waals surface area contributed by atoms with Gasteiger partial charge in [0.15, 0.2) is 0 Å². The van der Waals surface area contributed by atoms with Crippen LogP contribution in [0.2, 0.25) is 0 Å². The van der Waals surface area contributed by atoms with E-state index in [-0.39, 0.29) is 24.4 Å². The standard InChI is InChI=1S/C19H28N2O2/c1-15-8-7-9-17(12-15)13-21(16(2)22)14-19(23)20-18-10-5-3-4-6-11-18/h7-9,12,18H,3-6,10-11,13-14H2,1-2H3,(H,20,23). The number of rotatable bonds is 5. The van der Waals surface area contributed by atoms with Crippen LogP contribution in [-0.4, -0.2) is 29.3 Å². The van der Waals surface area contributed by atoms with Crippen LogP contribution in [0, 0.1) is 6.92 Å². The molecule has 1 fully saturated rings. The fourth-order valence-corrected chi connectivity index (χ4v) is 3.18. The summed E-state index contributed by atoms with van der Waals surface area (Å²) in [5.41, 5.74) is 2.22. The van der Waals surface area contributed by atoms with Gasteiger partial charge in [0.25, 0.3) is 0 Å². The molecule has 4 heteroatoms. The van der Waals surface area contributed by atoms with Crippen molar-refractivity contribution in [1.29, 1.82) is 0 Å². The molecule has 2 amide bonds. The van der Waals surface area contributed by atoms with Gasteiger partial charge >= 0.3 is 0 Å². The van der Waals surface area contributed by atoms with E-state index < -0.39 is 0 Å². The smallest absolute Gasteiger partial charge is 0.239 e. The molecule has 126 valence electrons. The number of benzene rings is 1. The zero-order chi connectivity index (χ0) is 16.7. The molecular weight excluding hydrogens is 288 g/mol. The van der Waals surface area contributed by atoms with Crippen molar-refractivity contribution < 1.29 is 9.59 Å². The minimum Gasteiger partial charge on any atom is -0.352 e. The molecular formula is C19H28N2O2. The van der Waals surface area contributed by atoms with E-state index in [0.29, 0.717) is 6.54 Å². The highest BCUT2D eigenvalue weighted by Crippen LogP contribution is 2.17. The Balaban J connectivity index is 1.90. The Labute approximate surface area is 139 Å². The number of carbonyl (C=O) groups is 2. The molecule has 0 radical (unpaired) electrons. The van der Waals surface area contributed by atoms with Gasteiger partial charge in [0.2, 0.25) is 11.8 Å². The van der Waals surface area contributed by atoms with Crippen LogP contribution in [0.15, 0.2) is 24.3 Å². The summed E-state index contributed by atoms with van der Waals surface area (Å²) in [6.07, 6.45) is 7.02. The van der Waals surface area contributed by atoms with Gasteiger partial charge in [0, 0.05) is 19.5 Å². The summed E-state index contributed by atoms with van der Waals surface area (Å²) < 4.78 is 0. The lowest BCUT2D eigenvalue weighted by molar-refractivity contribution is -0.135. The second-order valence-corrected chi connectivity index (χ2v) is 6.62.